The topological polar surface area (TPSA) is 49.3 Å². The second kappa shape index (κ2) is 6.26. The minimum Gasteiger partial charge on any atom is -0.478 e. The summed E-state index contributed by atoms with van der Waals surface area (Å²) in [7, 11) is 0. The van der Waals surface area contributed by atoms with Gasteiger partial charge in [-0.05, 0) is 24.6 Å². The molecule has 3 nitrogen and oxygen atoms in total. The predicted octanol–water partition coefficient (Wildman–Crippen LogP) is 3.89. The number of hydrogen-bond donors (Lipinski definition) is 2. The number of rotatable bonds is 5. The summed E-state index contributed by atoms with van der Waals surface area (Å²) in [5.74, 6) is -1.14. The van der Waals surface area contributed by atoms with E-state index in [0.29, 0.717) is 18.5 Å². The fourth-order valence-electron chi connectivity index (χ4n) is 1.55. The third-order valence-corrected chi connectivity index (χ3v) is 2.31. The Kier molecular flexibility index (Phi) is 4.97. The molecule has 0 aliphatic rings. The number of carboxylic acid groups (broad SMARTS) is 1. The Labute approximate surface area is 108 Å². The molecule has 0 bridgehead atoms. The summed E-state index contributed by atoms with van der Waals surface area (Å²) in [4.78, 5) is 10.6. The molecular formula is C13H14F3NO2. The number of benzene rings is 1. The van der Waals surface area contributed by atoms with E-state index in [-0.39, 0.29) is 5.69 Å². The number of anilines is 1. The SMILES string of the molecule is CCC/C(=C/C(=O)O)Nc1cccc(C(F)(F)F)c1. The van der Waals surface area contributed by atoms with Gasteiger partial charge in [0.15, 0.2) is 0 Å². The zero-order valence-corrected chi connectivity index (χ0v) is 10.3. The maximum atomic E-state index is 12.5. The van der Waals surface area contributed by atoms with E-state index >= 15 is 0 Å². The largest absolute Gasteiger partial charge is 0.478 e. The summed E-state index contributed by atoms with van der Waals surface area (Å²) in [6.07, 6.45) is -2.32. The highest BCUT2D eigenvalue weighted by molar-refractivity contribution is 5.81. The summed E-state index contributed by atoms with van der Waals surface area (Å²) < 4.78 is 37.6. The number of hydrogen-bond acceptors (Lipinski definition) is 2. The highest BCUT2D eigenvalue weighted by Gasteiger charge is 2.30. The number of nitrogens with one attached hydrogen (secondary N) is 1. The molecule has 1 aromatic carbocycles. The second-order valence-corrected chi connectivity index (χ2v) is 3.96. The van der Waals surface area contributed by atoms with E-state index in [9.17, 15) is 18.0 Å². The standard InChI is InChI=1S/C13H14F3NO2/c1-2-4-10(8-12(18)19)17-11-6-3-5-9(7-11)13(14,15)16/h3,5-8,17H,2,4H2,1H3,(H,18,19)/b10-8-. The number of halogens is 3. The molecule has 0 heterocycles. The highest BCUT2D eigenvalue weighted by atomic mass is 19.4. The van der Waals surface area contributed by atoms with Gasteiger partial charge in [0, 0.05) is 17.5 Å². The first-order valence-electron chi connectivity index (χ1n) is 5.70. The molecule has 0 spiro atoms. The predicted molar refractivity (Wildman–Crippen MR) is 65.7 cm³/mol. The Morgan fingerprint density at radius 2 is 2.11 bits per heavy atom. The van der Waals surface area contributed by atoms with Crippen molar-refractivity contribution in [2.24, 2.45) is 0 Å². The van der Waals surface area contributed by atoms with Crippen LogP contribution in [0, 0.1) is 0 Å². The first kappa shape index (κ1) is 15.1. The lowest BCUT2D eigenvalue weighted by molar-refractivity contribution is -0.137. The van der Waals surface area contributed by atoms with Crippen molar-refractivity contribution in [3.05, 3.63) is 41.6 Å². The Bertz CT molecular complexity index is 481. The molecule has 1 aromatic rings. The van der Waals surface area contributed by atoms with Crippen molar-refractivity contribution in [3.63, 3.8) is 0 Å². The zero-order valence-electron chi connectivity index (χ0n) is 10.3. The first-order valence-corrected chi connectivity index (χ1v) is 5.70. The van der Waals surface area contributed by atoms with Crippen molar-refractivity contribution >= 4 is 11.7 Å². The summed E-state index contributed by atoms with van der Waals surface area (Å²) in [5.41, 5.74) is -0.186. The Morgan fingerprint density at radius 3 is 2.63 bits per heavy atom. The molecule has 0 aromatic heterocycles. The molecule has 2 N–H and O–H groups in total. The van der Waals surface area contributed by atoms with Gasteiger partial charge in [-0.1, -0.05) is 19.4 Å². The molecule has 0 fully saturated rings. The molecule has 0 radical (unpaired) electrons. The van der Waals surface area contributed by atoms with Crippen LogP contribution in [0.2, 0.25) is 0 Å². The van der Waals surface area contributed by atoms with Gasteiger partial charge in [-0.2, -0.15) is 13.2 Å². The third-order valence-electron chi connectivity index (χ3n) is 2.31. The summed E-state index contributed by atoms with van der Waals surface area (Å²) in [6, 6.07) is 4.65. The molecule has 0 unspecified atom stereocenters. The number of allylic oxidation sites excluding steroid dienone is 1. The fraction of sp³-hybridized carbons (Fsp3) is 0.308. The summed E-state index contributed by atoms with van der Waals surface area (Å²) >= 11 is 0. The van der Waals surface area contributed by atoms with E-state index in [1.807, 2.05) is 6.92 Å². The Balaban J connectivity index is 2.94. The number of carbonyl (C=O) groups is 1. The van der Waals surface area contributed by atoms with Gasteiger partial charge in [-0.3, -0.25) is 0 Å². The van der Waals surface area contributed by atoms with Crippen LogP contribution in [0.5, 0.6) is 0 Å². The molecule has 0 atom stereocenters. The van der Waals surface area contributed by atoms with Crippen molar-refractivity contribution in [2.75, 3.05) is 5.32 Å². The van der Waals surface area contributed by atoms with E-state index in [4.69, 9.17) is 5.11 Å². The summed E-state index contributed by atoms with van der Waals surface area (Å²) in [6.45, 7) is 1.85. The lowest BCUT2D eigenvalue weighted by Crippen LogP contribution is -2.07. The van der Waals surface area contributed by atoms with Crippen molar-refractivity contribution in [3.8, 4) is 0 Å². The third kappa shape index (κ3) is 5.03. The molecule has 0 aliphatic carbocycles. The molecular weight excluding hydrogens is 259 g/mol. The molecule has 0 aliphatic heterocycles. The van der Waals surface area contributed by atoms with Gasteiger partial charge in [0.25, 0.3) is 0 Å². The average Bonchev–Trinajstić information content (AvgIpc) is 2.27. The Morgan fingerprint density at radius 1 is 1.42 bits per heavy atom. The molecule has 0 amide bonds. The van der Waals surface area contributed by atoms with Crippen LogP contribution in [-0.4, -0.2) is 11.1 Å². The van der Waals surface area contributed by atoms with Gasteiger partial charge in [0.1, 0.15) is 0 Å². The molecule has 19 heavy (non-hydrogen) atoms. The first-order chi connectivity index (χ1) is 8.82. The van der Waals surface area contributed by atoms with Crippen LogP contribution in [0.1, 0.15) is 25.3 Å². The second-order valence-electron chi connectivity index (χ2n) is 3.96. The normalized spacial score (nSPS) is 12.3. The molecule has 1 rings (SSSR count). The molecule has 0 saturated heterocycles. The maximum Gasteiger partial charge on any atom is 0.416 e. The minimum absolute atomic E-state index is 0.218. The summed E-state index contributed by atoms with van der Waals surface area (Å²) in [5, 5.41) is 11.4. The lowest BCUT2D eigenvalue weighted by Gasteiger charge is -2.12. The van der Waals surface area contributed by atoms with E-state index in [0.717, 1.165) is 18.2 Å². The van der Waals surface area contributed by atoms with Crippen LogP contribution < -0.4 is 5.32 Å². The van der Waals surface area contributed by atoms with E-state index in [1.54, 1.807) is 0 Å². The maximum absolute atomic E-state index is 12.5. The van der Waals surface area contributed by atoms with Crippen molar-refractivity contribution < 1.29 is 23.1 Å². The number of alkyl halides is 3. The highest BCUT2D eigenvalue weighted by Crippen LogP contribution is 2.31. The smallest absolute Gasteiger partial charge is 0.416 e. The number of carboxylic acids is 1. The van der Waals surface area contributed by atoms with E-state index in [1.165, 1.54) is 12.1 Å². The van der Waals surface area contributed by atoms with Gasteiger partial charge in [0.05, 0.1) is 5.56 Å². The van der Waals surface area contributed by atoms with Crippen LogP contribution in [0.4, 0.5) is 18.9 Å². The fourth-order valence-corrected chi connectivity index (χ4v) is 1.55. The van der Waals surface area contributed by atoms with Crippen LogP contribution in [0.15, 0.2) is 36.0 Å². The van der Waals surface area contributed by atoms with Crippen molar-refractivity contribution in [1.82, 2.24) is 0 Å². The quantitative estimate of drug-likeness (QED) is 0.800. The average molecular weight is 273 g/mol. The molecule has 104 valence electrons. The Hall–Kier alpha value is -1.98. The van der Waals surface area contributed by atoms with Gasteiger partial charge in [-0.15, -0.1) is 0 Å². The van der Waals surface area contributed by atoms with Crippen LogP contribution >= 0.6 is 0 Å². The molecule has 6 heteroatoms. The number of aliphatic carboxylic acids is 1. The van der Waals surface area contributed by atoms with Crippen LogP contribution in [-0.2, 0) is 11.0 Å². The van der Waals surface area contributed by atoms with Crippen LogP contribution in [0.25, 0.3) is 0 Å². The van der Waals surface area contributed by atoms with Gasteiger partial charge in [0.2, 0.25) is 0 Å². The monoisotopic (exact) mass is 273 g/mol. The van der Waals surface area contributed by atoms with Crippen molar-refractivity contribution in [2.45, 2.75) is 25.9 Å². The van der Waals surface area contributed by atoms with Crippen molar-refractivity contribution in [1.29, 1.82) is 0 Å². The lowest BCUT2D eigenvalue weighted by atomic mass is 10.1. The van der Waals surface area contributed by atoms with Gasteiger partial charge in [-0.25, -0.2) is 4.79 Å². The van der Waals surface area contributed by atoms with Gasteiger partial charge >= 0.3 is 12.1 Å². The minimum atomic E-state index is -4.42. The van der Waals surface area contributed by atoms with E-state index < -0.39 is 17.7 Å². The van der Waals surface area contributed by atoms with Gasteiger partial charge < -0.3 is 10.4 Å². The van der Waals surface area contributed by atoms with E-state index in [2.05, 4.69) is 5.32 Å². The van der Waals surface area contributed by atoms with Crippen LogP contribution in [0.3, 0.4) is 0 Å². The molecule has 0 saturated carbocycles. The zero-order chi connectivity index (χ0) is 14.5.